The zero-order chi connectivity index (χ0) is 10.1. The lowest BCUT2D eigenvalue weighted by atomic mass is 10.5. The van der Waals surface area contributed by atoms with Gasteiger partial charge in [-0.05, 0) is 6.92 Å². The maximum absolute atomic E-state index is 12.0. The number of imidazole rings is 1. The third kappa shape index (κ3) is 2.64. The summed E-state index contributed by atoms with van der Waals surface area (Å²) >= 11 is 0. The predicted octanol–water partition coefficient (Wildman–Crippen LogP) is 1.80. The van der Waals surface area contributed by atoms with E-state index in [4.69, 9.17) is 0 Å². The first-order valence-electron chi connectivity index (χ1n) is 3.70. The van der Waals surface area contributed by atoms with Gasteiger partial charge in [0, 0.05) is 13.2 Å². The van der Waals surface area contributed by atoms with E-state index in [1.54, 1.807) is 6.92 Å². The van der Waals surface area contributed by atoms with Crippen molar-refractivity contribution >= 4 is 5.95 Å². The van der Waals surface area contributed by atoms with Gasteiger partial charge in [-0.2, -0.15) is 13.2 Å². The van der Waals surface area contributed by atoms with Crippen molar-refractivity contribution in [2.24, 2.45) is 0 Å². The van der Waals surface area contributed by atoms with Crippen LogP contribution in [0.15, 0.2) is 6.20 Å². The average molecular weight is 193 g/mol. The van der Waals surface area contributed by atoms with Gasteiger partial charge in [0.1, 0.15) is 6.54 Å². The van der Waals surface area contributed by atoms with Crippen molar-refractivity contribution in [3.8, 4) is 0 Å². The highest BCUT2D eigenvalue weighted by Gasteiger charge is 2.28. The van der Waals surface area contributed by atoms with E-state index in [2.05, 4.69) is 10.3 Å². The molecule has 0 aromatic carbocycles. The standard InChI is InChI=1S/C7H10F3N3/c1-5-3-13(4-7(8,9)10)6(11-2)12-5/h3H,4H2,1-2H3,(H,11,12). The van der Waals surface area contributed by atoms with E-state index < -0.39 is 12.7 Å². The van der Waals surface area contributed by atoms with Crippen LogP contribution in [-0.4, -0.2) is 22.8 Å². The Hall–Kier alpha value is -1.20. The normalized spacial score (nSPS) is 11.8. The number of nitrogens with one attached hydrogen (secondary N) is 1. The number of halogens is 3. The second-order valence-corrected chi connectivity index (χ2v) is 2.70. The Morgan fingerprint density at radius 2 is 2.15 bits per heavy atom. The summed E-state index contributed by atoms with van der Waals surface area (Å²) in [6.45, 7) is 0.637. The molecule has 0 saturated carbocycles. The Morgan fingerprint density at radius 1 is 1.54 bits per heavy atom. The Bertz CT molecular complexity index is 290. The SMILES string of the molecule is CNc1nc(C)cn1CC(F)(F)F. The predicted molar refractivity (Wildman–Crippen MR) is 42.6 cm³/mol. The summed E-state index contributed by atoms with van der Waals surface area (Å²) in [4.78, 5) is 3.87. The minimum Gasteiger partial charge on any atom is -0.359 e. The summed E-state index contributed by atoms with van der Waals surface area (Å²) in [7, 11) is 1.54. The van der Waals surface area contributed by atoms with Gasteiger partial charge in [-0.1, -0.05) is 0 Å². The molecule has 1 aromatic rings. The quantitative estimate of drug-likeness (QED) is 0.776. The maximum Gasteiger partial charge on any atom is 0.406 e. The molecule has 0 radical (unpaired) electrons. The zero-order valence-corrected chi connectivity index (χ0v) is 7.31. The molecule has 13 heavy (non-hydrogen) atoms. The second-order valence-electron chi connectivity index (χ2n) is 2.70. The van der Waals surface area contributed by atoms with Crippen LogP contribution in [0.2, 0.25) is 0 Å². The van der Waals surface area contributed by atoms with Gasteiger partial charge in [0.2, 0.25) is 5.95 Å². The zero-order valence-electron chi connectivity index (χ0n) is 7.31. The fourth-order valence-corrected chi connectivity index (χ4v) is 1.06. The van der Waals surface area contributed by atoms with Gasteiger partial charge in [0.15, 0.2) is 0 Å². The van der Waals surface area contributed by atoms with Crippen molar-refractivity contribution in [1.29, 1.82) is 0 Å². The molecule has 0 aliphatic carbocycles. The van der Waals surface area contributed by atoms with E-state index in [1.165, 1.54) is 13.2 Å². The maximum atomic E-state index is 12.0. The molecule has 1 rings (SSSR count). The lowest BCUT2D eigenvalue weighted by Gasteiger charge is -2.09. The number of aryl methyl sites for hydroxylation is 1. The molecule has 0 unspecified atom stereocenters. The highest BCUT2D eigenvalue weighted by atomic mass is 19.4. The van der Waals surface area contributed by atoms with Crippen LogP contribution >= 0.6 is 0 Å². The van der Waals surface area contributed by atoms with Crippen LogP contribution in [0, 0.1) is 6.92 Å². The summed E-state index contributed by atoms with van der Waals surface area (Å²) in [5.74, 6) is 0.231. The molecule has 1 N–H and O–H groups in total. The number of nitrogens with zero attached hydrogens (tertiary/aromatic N) is 2. The van der Waals surface area contributed by atoms with Gasteiger partial charge >= 0.3 is 6.18 Å². The molecule has 0 fully saturated rings. The number of alkyl halides is 3. The Morgan fingerprint density at radius 3 is 2.62 bits per heavy atom. The Kier molecular flexibility index (Phi) is 2.49. The first-order valence-corrected chi connectivity index (χ1v) is 3.70. The largest absolute Gasteiger partial charge is 0.406 e. The topological polar surface area (TPSA) is 29.9 Å². The van der Waals surface area contributed by atoms with E-state index in [0.29, 0.717) is 5.69 Å². The fourth-order valence-electron chi connectivity index (χ4n) is 1.06. The highest BCUT2D eigenvalue weighted by Crippen LogP contribution is 2.20. The van der Waals surface area contributed by atoms with Crippen molar-refractivity contribution in [3.05, 3.63) is 11.9 Å². The molecule has 0 saturated heterocycles. The van der Waals surface area contributed by atoms with Crippen molar-refractivity contribution in [2.45, 2.75) is 19.6 Å². The minimum absolute atomic E-state index is 0.231. The van der Waals surface area contributed by atoms with Crippen molar-refractivity contribution < 1.29 is 13.2 Å². The van der Waals surface area contributed by atoms with Crippen LogP contribution in [0.4, 0.5) is 19.1 Å². The van der Waals surface area contributed by atoms with Crippen molar-refractivity contribution in [3.63, 3.8) is 0 Å². The van der Waals surface area contributed by atoms with E-state index in [-0.39, 0.29) is 5.95 Å². The van der Waals surface area contributed by atoms with E-state index >= 15 is 0 Å². The number of hydrogen-bond acceptors (Lipinski definition) is 2. The van der Waals surface area contributed by atoms with Crippen LogP contribution in [0.25, 0.3) is 0 Å². The summed E-state index contributed by atoms with van der Waals surface area (Å²) in [6.07, 6.45) is -2.85. The van der Waals surface area contributed by atoms with Crippen molar-refractivity contribution in [2.75, 3.05) is 12.4 Å². The molecule has 1 aromatic heterocycles. The smallest absolute Gasteiger partial charge is 0.359 e. The molecule has 0 spiro atoms. The first kappa shape index (κ1) is 9.88. The molecule has 0 aliphatic rings. The molecular weight excluding hydrogens is 183 g/mol. The summed E-state index contributed by atoms with van der Waals surface area (Å²) < 4.78 is 37.0. The van der Waals surface area contributed by atoms with Crippen molar-refractivity contribution in [1.82, 2.24) is 9.55 Å². The third-order valence-corrected chi connectivity index (χ3v) is 1.47. The highest BCUT2D eigenvalue weighted by molar-refractivity contribution is 5.27. The van der Waals surface area contributed by atoms with Crippen LogP contribution in [0.3, 0.4) is 0 Å². The van der Waals surface area contributed by atoms with Gasteiger partial charge in [-0.25, -0.2) is 4.98 Å². The fraction of sp³-hybridized carbons (Fsp3) is 0.571. The Labute approximate surface area is 73.6 Å². The molecule has 0 bridgehead atoms. The molecule has 0 amide bonds. The van der Waals surface area contributed by atoms with Gasteiger partial charge in [-0.3, -0.25) is 0 Å². The molecule has 6 heteroatoms. The third-order valence-electron chi connectivity index (χ3n) is 1.47. The Balaban J connectivity index is 2.87. The van der Waals surface area contributed by atoms with Crippen LogP contribution in [0.1, 0.15) is 5.69 Å². The molecule has 3 nitrogen and oxygen atoms in total. The number of anilines is 1. The number of rotatable bonds is 2. The van der Waals surface area contributed by atoms with Gasteiger partial charge in [-0.15, -0.1) is 0 Å². The summed E-state index contributed by atoms with van der Waals surface area (Å²) in [5.41, 5.74) is 0.564. The van der Waals surface area contributed by atoms with Crippen LogP contribution in [-0.2, 0) is 6.54 Å². The van der Waals surface area contributed by atoms with E-state index in [1.807, 2.05) is 0 Å². The van der Waals surface area contributed by atoms with Gasteiger partial charge < -0.3 is 9.88 Å². The number of hydrogen-bond donors (Lipinski definition) is 1. The summed E-state index contributed by atoms with van der Waals surface area (Å²) in [6, 6.07) is 0. The molecule has 1 heterocycles. The lowest BCUT2D eigenvalue weighted by molar-refractivity contribution is -0.140. The van der Waals surface area contributed by atoms with E-state index in [0.717, 1.165) is 4.57 Å². The number of aromatic nitrogens is 2. The van der Waals surface area contributed by atoms with Crippen LogP contribution < -0.4 is 5.32 Å². The molecular formula is C7H10F3N3. The monoisotopic (exact) mass is 193 g/mol. The minimum atomic E-state index is -4.21. The second kappa shape index (κ2) is 3.27. The lowest BCUT2D eigenvalue weighted by Crippen LogP contribution is -2.18. The molecule has 74 valence electrons. The summed E-state index contributed by atoms with van der Waals surface area (Å²) in [5, 5.41) is 2.59. The van der Waals surface area contributed by atoms with Gasteiger partial charge in [0.25, 0.3) is 0 Å². The molecule has 0 atom stereocenters. The first-order chi connectivity index (χ1) is 5.92. The van der Waals surface area contributed by atoms with E-state index in [9.17, 15) is 13.2 Å². The van der Waals surface area contributed by atoms with Crippen LogP contribution in [0.5, 0.6) is 0 Å². The van der Waals surface area contributed by atoms with Gasteiger partial charge in [0.05, 0.1) is 5.69 Å². The molecule has 0 aliphatic heterocycles. The average Bonchev–Trinajstić information content (AvgIpc) is 2.27.